The lowest BCUT2D eigenvalue weighted by atomic mass is 9.95. The average Bonchev–Trinajstić information content (AvgIpc) is 2.77. The molecule has 21 heavy (non-hydrogen) atoms. The van der Waals surface area contributed by atoms with Crippen molar-refractivity contribution in [2.45, 2.75) is 39.2 Å². The van der Waals surface area contributed by atoms with E-state index < -0.39 is 5.60 Å². The van der Waals surface area contributed by atoms with E-state index in [1.807, 2.05) is 45.0 Å². The van der Waals surface area contributed by atoms with Gasteiger partial charge in [-0.05, 0) is 26.3 Å². The minimum atomic E-state index is -0.524. The second-order valence-electron chi connectivity index (χ2n) is 5.77. The van der Waals surface area contributed by atoms with E-state index in [-0.39, 0.29) is 18.3 Å². The van der Waals surface area contributed by atoms with E-state index in [0.717, 1.165) is 5.56 Å². The van der Waals surface area contributed by atoms with Gasteiger partial charge < -0.3 is 9.15 Å². The van der Waals surface area contributed by atoms with Crippen molar-refractivity contribution in [3.63, 3.8) is 0 Å². The molecule has 0 aliphatic heterocycles. The molecule has 5 nitrogen and oxygen atoms in total. The summed E-state index contributed by atoms with van der Waals surface area (Å²) in [6.45, 7) is 5.43. The van der Waals surface area contributed by atoms with Crippen LogP contribution in [0.3, 0.4) is 0 Å². The molecule has 1 aromatic heterocycles. The van der Waals surface area contributed by atoms with Crippen molar-refractivity contribution in [2.24, 2.45) is 0 Å². The number of carbonyl (C=O) groups is 1. The molecule has 0 aliphatic carbocycles. The first-order chi connectivity index (χ1) is 9.82. The molecule has 0 aliphatic rings. The molecule has 2 rings (SSSR count). The number of benzene rings is 1. The molecule has 0 spiro atoms. The van der Waals surface area contributed by atoms with Crippen LogP contribution < -0.4 is 5.46 Å². The van der Waals surface area contributed by atoms with Gasteiger partial charge in [-0.25, -0.2) is 0 Å². The van der Waals surface area contributed by atoms with Gasteiger partial charge in [0.05, 0.1) is 6.42 Å². The summed E-state index contributed by atoms with van der Waals surface area (Å²) in [5.74, 6) is 0.332. The minimum Gasteiger partial charge on any atom is -0.460 e. The van der Waals surface area contributed by atoms with Gasteiger partial charge in [0.2, 0.25) is 11.8 Å². The zero-order valence-corrected chi connectivity index (χ0v) is 12.4. The van der Waals surface area contributed by atoms with Gasteiger partial charge in [-0.3, -0.25) is 4.79 Å². The van der Waals surface area contributed by atoms with Crippen molar-refractivity contribution in [1.82, 2.24) is 10.2 Å². The number of hydrogen-bond acceptors (Lipinski definition) is 5. The Balaban J connectivity index is 1.95. The molecule has 0 bridgehead atoms. The third kappa shape index (κ3) is 5.06. The minimum absolute atomic E-state index is 0.0218. The first kappa shape index (κ1) is 15.3. The highest BCUT2D eigenvalue weighted by Crippen LogP contribution is 2.11. The summed E-state index contributed by atoms with van der Waals surface area (Å²) in [7, 11) is 5.63. The zero-order valence-electron chi connectivity index (χ0n) is 12.4. The van der Waals surface area contributed by atoms with Crippen LogP contribution in [0.25, 0.3) is 0 Å². The molecule has 0 saturated carbocycles. The van der Waals surface area contributed by atoms with Crippen LogP contribution in [0.5, 0.6) is 0 Å². The van der Waals surface area contributed by atoms with Crippen LogP contribution >= 0.6 is 0 Å². The Morgan fingerprint density at radius 3 is 2.43 bits per heavy atom. The van der Waals surface area contributed by atoms with Crippen LogP contribution in [0.1, 0.15) is 38.1 Å². The SMILES string of the molecule is [B]c1ccc(Cc2nnc(CC(=O)OC(C)(C)C)o2)cc1. The van der Waals surface area contributed by atoms with Gasteiger partial charge >= 0.3 is 5.97 Å². The Labute approximate surface area is 125 Å². The number of ether oxygens (including phenoxy) is 1. The number of hydrogen-bond donors (Lipinski definition) is 0. The smallest absolute Gasteiger partial charge is 0.315 e. The molecule has 0 saturated heterocycles. The molecular weight excluding hydrogens is 267 g/mol. The normalized spacial score (nSPS) is 11.4. The van der Waals surface area contributed by atoms with Crippen molar-refractivity contribution in [1.29, 1.82) is 0 Å². The number of nitrogens with zero attached hydrogens (tertiary/aromatic N) is 2. The van der Waals surface area contributed by atoms with E-state index in [4.69, 9.17) is 17.0 Å². The molecule has 2 aromatic rings. The topological polar surface area (TPSA) is 65.2 Å². The molecule has 108 valence electrons. The van der Waals surface area contributed by atoms with Crippen LogP contribution in [0.2, 0.25) is 0 Å². The Hall–Kier alpha value is -2.11. The fraction of sp³-hybridized carbons (Fsp3) is 0.400. The van der Waals surface area contributed by atoms with Crippen molar-refractivity contribution in [3.05, 3.63) is 41.6 Å². The summed E-state index contributed by atoms with van der Waals surface area (Å²) in [5.41, 5.74) is 1.19. The Morgan fingerprint density at radius 2 is 1.81 bits per heavy atom. The van der Waals surface area contributed by atoms with E-state index >= 15 is 0 Å². The van der Waals surface area contributed by atoms with Gasteiger partial charge in [0.15, 0.2) is 0 Å². The Bertz CT molecular complexity index is 615. The first-order valence-corrected chi connectivity index (χ1v) is 6.69. The van der Waals surface area contributed by atoms with Crippen LogP contribution in [-0.4, -0.2) is 29.6 Å². The fourth-order valence-corrected chi connectivity index (χ4v) is 1.74. The molecule has 0 unspecified atom stereocenters. The fourth-order valence-electron chi connectivity index (χ4n) is 1.74. The maximum absolute atomic E-state index is 11.7. The van der Waals surface area contributed by atoms with Gasteiger partial charge in [0.25, 0.3) is 0 Å². The molecule has 0 amide bonds. The van der Waals surface area contributed by atoms with Gasteiger partial charge in [0.1, 0.15) is 19.9 Å². The lowest BCUT2D eigenvalue weighted by Crippen LogP contribution is -2.24. The Kier molecular flexibility index (Phi) is 4.45. The first-order valence-electron chi connectivity index (χ1n) is 6.69. The van der Waals surface area contributed by atoms with Crippen molar-refractivity contribution in [3.8, 4) is 0 Å². The van der Waals surface area contributed by atoms with Crippen molar-refractivity contribution < 1.29 is 13.9 Å². The highest BCUT2D eigenvalue weighted by Gasteiger charge is 2.19. The molecule has 0 N–H and O–H groups in total. The van der Waals surface area contributed by atoms with Crippen LogP contribution in [0.4, 0.5) is 0 Å². The van der Waals surface area contributed by atoms with Crippen LogP contribution in [-0.2, 0) is 22.4 Å². The number of carbonyl (C=O) groups excluding carboxylic acids is 1. The summed E-state index contributed by atoms with van der Waals surface area (Å²) in [5, 5.41) is 7.79. The maximum atomic E-state index is 11.7. The van der Waals surface area contributed by atoms with Gasteiger partial charge in [0, 0.05) is 0 Å². The lowest BCUT2D eigenvalue weighted by Gasteiger charge is -2.18. The number of esters is 1. The van der Waals surface area contributed by atoms with Crippen molar-refractivity contribution >= 4 is 19.3 Å². The molecule has 1 heterocycles. The lowest BCUT2D eigenvalue weighted by molar-refractivity contribution is -0.154. The van der Waals surface area contributed by atoms with Gasteiger partial charge in [-0.2, -0.15) is 0 Å². The molecule has 1 aromatic carbocycles. The van der Waals surface area contributed by atoms with Gasteiger partial charge in [-0.1, -0.05) is 29.7 Å². The third-order valence-corrected chi connectivity index (χ3v) is 2.56. The van der Waals surface area contributed by atoms with E-state index in [9.17, 15) is 4.79 Å². The second kappa shape index (κ2) is 6.12. The second-order valence-corrected chi connectivity index (χ2v) is 5.77. The summed E-state index contributed by atoms with van der Waals surface area (Å²) < 4.78 is 10.7. The summed E-state index contributed by atoms with van der Waals surface area (Å²) in [4.78, 5) is 11.7. The maximum Gasteiger partial charge on any atom is 0.315 e. The van der Waals surface area contributed by atoms with E-state index in [0.29, 0.717) is 17.8 Å². The van der Waals surface area contributed by atoms with E-state index in [1.54, 1.807) is 0 Å². The third-order valence-electron chi connectivity index (χ3n) is 2.56. The molecule has 2 radical (unpaired) electrons. The zero-order chi connectivity index (χ0) is 15.5. The monoisotopic (exact) mass is 284 g/mol. The standard InChI is InChI=1S/C15H17BN2O3/c1-15(2,3)21-14(19)9-13-18-17-12(20-13)8-10-4-6-11(16)7-5-10/h4-7H,8-9H2,1-3H3. The molecule has 6 heteroatoms. The number of aromatic nitrogens is 2. The summed E-state index contributed by atoms with van der Waals surface area (Å²) in [6.07, 6.45) is 0.480. The predicted octanol–water partition coefficient (Wildman–Crippen LogP) is 1.34. The van der Waals surface area contributed by atoms with E-state index in [2.05, 4.69) is 10.2 Å². The summed E-state index contributed by atoms with van der Waals surface area (Å²) in [6, 6.07) is 7.42. The molecular formula is C15H17BN2O3. The van der Waals surface area contributed by atoms with Crippen LogP contribution in [0.15, 0.2) is 28.7 Å². The summed E-state index contributed by atoms with van der Waals surface area (Å²) >= 11 is 0. The predicted molar refractivity (Wildman–Crippen MR) is 78.5 cm³/mol. The molecule has 0 atom stereocenters. The highest BCUT2D eigenvalue weighted by atomic mass is 16.6. The van der Waals surface area contributed by atoms with Gasteiger partial charge in [-0.15, -0.1) is 10.2 Å². The number of rotatable bonds is 4. The largest absolute Gasteiger partial charge is 0.460 e. The quantitative estimate of drug-likeness (QED) is 0.626. The Morgan fingerprint density at radius 1 is 1.19 bits per heavy atom. The van der Waals surface area contributed by atoms with Crippen LogP contribution in [0, 0.1) is 0 Å². The molecule has 0 fully saturated rings. The van der Waals surface area contributed by atoms with Crippen molar-refractivity contribution in [2.75, 3.05) is 0 Å². The highest BCUT2D eigenvalue weighted by molar-refractivity contribution is 6.32. The van der Waals surface area contributed by atoms with E-state index in [1.165, 1.54) is 0 Å². The average molecular weight is 284 g/mol.